The topological polar surface area (TPSA) is 51.8 Å². The largest absolute Gasteiger partial charge is 0.448 e. The molecular formula is C20H19F2N3O. The van der Waals surface area contributed by atoms with E-state index in [2.05, 4.69) is 29.0 Å². The van der Waals surface area contributed by atoms with Crippen molar-refractivity contribution >= 4 is 0 Å². The molecule has 3 aromatic rings. The average Bonchev–Trinajstić information content (AvgIpc) is 3.14. The molecule has 134 valence electrons. The number of benzene rings is 1. The highest BCUT2D eigenvalue weighted by atomic mass is 19.1. The molecule has 0 N–H and O–H groups in total. The zero-order valence-corrected chi connectivity index (χ0v) is 14.6. The maximum Gasteiger partial charge on any atom is 0.180 e. The van der Waals surface area contributed by atoms with E-state index in [1.807, 2.05) is 0 Å². The summed E-state index contributed by atoms with van der Waals surface area (Å²) in [5.74, 6) is 0.0770. The molecule has 4 nitrogen and oxygen atoms in total. The fraction of sp³-hybridized carbons (Fsp3) is 0.350. The Morgan fingerprint density at radius 1 is 1.12 bits per heavy atom. The number of hydrogen-bond donors (Lipinski definition) is 0. The van der Waals surface area contributed by atoms with Crippen LogP contribution in [0.5, 0.6) is 0 Å². The fourth-order valence-corrected chi connectivity index (χ4v) is 3.85. The lowest BCUT2D eigenvalue weighted by molar-refractivity contribution is 0.380. The molecule has 2 aromatic heterocycles. The van der Waals surface area contributed by atoms with Gasteiger partial charge in [0.25, 0.3) is 0 Å². The number of oxazole rings is 1. The van der Waals surface area contributed by atoms with Crippen LogP contribution in [-0.4, -0.2) is 15.2 Å². The SMILES string of the molecule is CC(C)C1CCC(c2cnco2)c2nnc(-c3c(F)cccc3F)cc21. The summed E-state index contributed by atoms with van der Waals surface area (Å²) in [4.78, 5) is 4.00. The summed E-state index contributed by atoms with van der Waals surface area (Å²) in [6.45, 7) is 4.29. The zero-order valence-electron chi connectivity index (χ0n) is 14.6. The van der Waals surface area contributed by atoms with Crippen LogP contribution in [0.4, 0.5) is 8.78 Å². The molecule has 1 aromatic carbocycles. The summed E-state index contributed by atoms with van der Waals surface area (Å²) in [6.07, 6.45) is 4.92. The highest BCUT2D eigenvalue weighted by molar-refractivity contribution is 5.62. The second kappa shape index (κ2) is 6.59. The summed E-state index contributed by atoms with van der Waals surface area (Å²) in [7, 11) is 0. The van der Waals surface area contributed by atoms with E-state index >= 15 is 0 Å². The first-order valence-corrected chi connectivity index (χ1v) is 8.76. The van der Waals surface area contributed by atoms with Crippen molar-refractivity contribution in [3.8, 4) is 11.3 Å². The van der Waals surface area contributed by atoms with Crippen LogP contribution < -0.4 is 0 Å². The third-order valence-electron chi connectivity index (χ3n) is 5.17. The Morgan fingerprint density at radius 3 is 2.54 bits per heavy atom. The predicted molar refractivity (Wildman–Crippen MR) is 92.5 cm³/mol. The third kappa shape index (κ3) is 2.79. The molecule has 2 atom stereocenters. The second-order valence-corrected chi connectivity index (χ2v) is 7.05. The Hall–Kier alpha value is -2.63. The molecule has 0 aliphatic heterocycles. The minimum atomic E-state index is -0.636. The van der Waals surface area contributed by atoms with Crippen LogP contribution in [0.15, 0.2) is 41.3 Å². The van der Waals surface area contributed by atoms with Gasteiger partial charge in [-0.25, -0.2) is 13.8 Å². The van der Waals surface area contributed by atoms with Gasteiger partial charge < -0.3 is 4.42 Å². The molecule has 2 unspecified atom stereocenters. The first-order chi connectivity index (χ1) is 12.6. The fourth-order valence-electron chi connectivity index (χ4n) is 3.85. The number of rotatable bonds is 3. The Morgan fingerprint density at radius 2 is 1.88 bits per heavy atom. The van der Waals surface area contributed by atoms with E-state index in [0.29, 0.717) is 5.92 Å². The Bertz CT molecular complexity index is 905. The lowest BCUT2D eigenvalue weighted by Gasteiger charge is -2.31. The minimum Gasteiger partial charge on any atom is -0.448 e. The van der Waals surface area contributed by atoms with E-state index in [-0.39, 0.29) is 23.1 Å². The molecule has 4 rings (SSSR count). The molecule has 0 bridgehead atoms. The van der Waals surface area contributed by atoms with Gasteiger partial charge in [-0.15, -0.1) is 5.10 Å². The van der Waals surface area contributed by atoms with Crippen molar-refractivity contribution < 1.29 is 13.2 Å². The maximum atomic E-state index is 14.2. The summed E-state index contributed by atoms with van der Waals surface area (Å²) in [5, 5.41) is 8.52. The van der Waals surface area contributed by atoms with Gasteiger partial charge in [0.15, 0.2) is 6.39 Å². The molecule has 0 spiro atoms. The lowest BCUT2D eigenvalue weighted by Crippen LogP contribution is -2.21. The van der Waals surface area contributed by atoms with Gasteiger partial charge in [0.05, 0.1) is 29.1 Å². The van der Waals surface area contributed by atoms with E-state index in [4.69, 9.17) is 4.42 Å². The molecule has 0 saturated heterocycles. The van der Waals surface area contributed by atoms with E-state index in [0.717, 1.165) is 29.9 Å². The molecule has 0 fully saturated rings. The average molecular weight is 355 g/mol. The maximum absolute atomic E-state index is 14.2. The quantitative estimate of drug-likeness (QED) is 0.658. The van der Waals surface area contributed by atoms with Gasteiger partial charge in [-0.2, -0.15) is 5.10 Å². The molecule has 1 aliphatic carbocycles. The van der Waals surface area contributed by atoms with Gasteiger partial charge in [-0.3, -0.25) is 0 Å². The molecule has 1 aliphatic rings. The van der Waals surface area contributed by atoms with Crippen LogP contribution in [0.2, 0.25) is 0 Å². The van der Waals surface area contributed by atoms with E-state index in [1.165, 1.54) is 24.6 Å². The van der Waals surface area contributed by atoms with Crippen molar-refractivity contribution in [1.29, 1.82) is 0 Å². The summed E-state index contributed by atoms with van der Waals surface area (Å²) < 4.78 is 33.9. The van der Waals surface area contributed by atoms with Crippen LogP contribution in [0, 0.1) is 17.6 Å². The van der Waals surface area contributed by atoms with E-state index < -0.39 is 11.6 Å². The number of halogens is 2. The Labute approximate surface area is 150 Å². The molecule has 6 heteroatoms. The van der Waals surface area contributed by atoms with Crippen molar-refractivity contribution in [2.75, 3.05) is 0 Å². The first-order valence-electron chi connectivity index (χ1n) is 8.76. The van der Waals surface area contributed by atoms with Crippen molar-refractivity contribution in [2.45, 2.75) is 38.5 Å². The highest BCUT2D eigenvalue weighted by Gasteiger charge is 2.34. The van der Waals surface area contributed by atoms with Crippen LogP contribution >= 0.6 is 0 Å². The van der Waals surface area contributed by atoms with Crippen molar-refractivity contribution in [3.63, 3.8) is 0 Å². The molecule has 0 amide bonds. The monoisotopic (exact) mass is 355 g/mol. The number of hydrogen-bond acceptors (Lipinski definition) is 4. The van der Waals surface area contributed by atoms with Crippen molar-refractivity contribution in [2.24, 2.45) is 5.92 Å². The van der Waals surface area contributed by atoms with E-state index in [1.54, 1.807) is 12.3 Å². The second-order valence-electron chi connectivity index (χ2n) is 7.05. The zero-order chi connectivity index (χ0) is 18.3. The minimum absolute atomic E-state index is 0.0329. The third-order valence-corrected chi connectivity index (χ3v) is 5.17. The van der Waals surface area contributed by atoms with Gasteiger partial charge in [-0.1, -0.05) is 19.9 Å². The van der Waals surface area contributed by atoms with Crippen LogP contribution in [-0.2, 0) is 0 Å². The number of fused-ring (bicyclic) bond motifs is 1. The van der Waals surface area contributed by atoms with Crippen LogP contribution in [0.25, 0.3) is 11.3 Å². The van der Waals surface area contributed by atoms with Gasteiger partial charge in [0.1, 0.15) is 17.4 Å². The first kappa shape index (κ1) is 16.8. The summed E-state index contributed by atoms with van der Waals surface area (Å²) >= 11 is 0. The highest BCUT2D eigenvalue weighted by Crippen LogP contribution is 2.44. The van der Waals surface area contributed by atoms with Gasteiger partial charge >= 0.3 is 0 Å². The lowest BCUT2D eigenvalue weighted by atomic mass is 9.74. The number of nitrogens with zero attached hydrogens (tertiary/aromatic N) is 3. The Balaban J connectivity index is 1.86. The Kier molecular flexibility index (Phi) is 4.26. The van der Waals surface area contributed by atoms with Crippen molar-refractivity contribution in [1.82, 2.24) is 15.2 Å². The van der Waals surface area contributed by atoms with Gasteiger partial charge in [-0.05, 0) is 48.4 Å². The molecule has 26 heavy (non-hydrogen) atoms. The standard InChI is InChI=1S/C20H19F2N3O/c1-11(2)12-6-7-13(18-9-23-10-26-18)20-14(12)8-17(24-25-20)19-15(21)4-3-5-16(19)22/h3-5,8-13H,6-7H2,1-2H3. The van der Waals surface area contributed by atoms with E-state index in [9.17, 15) is 8.78 Å². The normalized spacial score (nSPS) is 19.6. The van der Waals surface area contributed by atoms with Crippen molar-refractivity contribution in [3.05, 3.63) is 65.5 Å². The van der Waals surface area contributed by atoms with Gasteiger partial charge in [0.2, 0.25) is 0 Å². The smallest absolute Gasteiger partial charge is 0.180 e. The molecule has 2 heterocycles. The van der Waals surface area contributed by atoms with Crippen LogP contribution in [0.1, 0.15) is 55.5 Å². The summed E-state index contributed by atoms with van der Waals surface area (Å²) in [6, 6.07) is 5.60. The molecule has 0 saturated carbocycles. The van der Waals surface area contributed by atoms with Crippen LogP contribution in [0.3, 0.4) is 0 Å². The molecular weight excluding hydrogens is 336 g/mol. The predicted octanol–water partition coefficient (Wildman–Crippen LogP) is 5.08. The summed E-state index contributed by atoms with van der Waals surface area (Å²) in [5.41, 5.74) is 1.89. The molecule has 0 radical (unpaired) electrons. The number of aromatic nitrogens is 3. The van der Waals surface area contributed by atoms with Gasteiger partial charge in [0, 0.05) is 0 Å².